The van der Waals surface area contributed by atoms with Gasteiger partial charge in [0.1, 0.15) is 16.8 Å². The molecule has 10 heteroatoms. The summed E-state index contributed by atoms with van der Waals surface area (Å²) in [7, 11) is -4.53. The Labute approximate surface area is 118 Å². The van der Waals surface area contributed by atoms with E-state index >= 15 is 0 Å². The van der Waals surface area contributed by atoms with E-state index in [1.807, 2.05) is 0 Å². The topological polar surface area (TPSA) is 121 Å². The minimum atomic E-state index is -4.53. The van der Waals surface area contributed by atoms with Crippen molar-refractivity contribution in [1.29, 1.82) is 0 Å². The Morgan fingerprint density at radius 3 is 2.40 bits per heavy atom. The first kappa shape index (κ1) is 16.3. The van der Waals surface area contributed by atoms with Crippen LogP contribution in [0.5, 0.6) is 0 Å². The number of carboxylic acid groups (broad SMARTS) is 2. The third-order valence-corrected chi connectivity index (χ3v) is 3.90. The SMILES string of the molecule is O=C(O)C[C@@H](NS(=O)(=O)c1ccc(Cl)cc1F)C(=O)O. The molecular formula is C10H9ClFNO6S. The van der Waals surface area contributed by atoms with Crippen LogP contribution in [-0.2, 0) is 19.6 Å². The van der Waals surface area contributed by atoms with Crippen LogP contribution in [-0.4, -0.2) is 36.6 Å². The third-order valence-electron chi connectivity index (χ3n) is 2.16. The summed E-state index contributed by atoms with van der Waals surface area (Å²) < 4.78 is 38.7. The standard InChI is InChI=1S/C10H9ClFNO6S/c11-5-1-2-8(6(12)3-5)20(18,19)13-7(10(16)17)4-9(14)15/h1-3,7,13H,4H2,(H,14,15)(H,16,17)/t7-/m1/s1. The average Bonchev–Trinajstić information content (AvgIpc) is 2.26. The summed E-state index contributed by atoms with van der Waals surface area (Å²) in [5, 5.41) is 17.2. The molecule has 0 bridgehead atoms. The number of sulfonamides is 1. The molecule has 1 rings (SSSR count). The van der Waals surface area contributed by atoms with Gasteiger partial charge in [-0.15, -0.1) is 0 Å². The highest BCUT2D eigenvalue weighted by atomic mass is 35.5. The van der Waals surface area contributed by atoms with Crippen LogP contribution in [0.2, 0.25) is 5.02 Å². The van der Waals surface area contributed by atoms with Crippen LogP contribution in [0.15, 0.2) is 23.1 Å². The predicted molar refractivity (Wildman–Crippen MR) is 65.4 cm³/mol. The lowest BCUT2D eigenvalue weighted by Crippen LogP contribution is -2.42. The van der Waals surface area contributed by atoms with Crippen molar-refractivity contribution in [2.24, 2.45) is 0 Å². The van der Waals surface area contributed by atoms with Crippen molar-refractivity contribution < 1.29 is 32.6 Å². The number of aliphatic carboxylic acids is 2. The fourth-order valence-corrected chi connectivity index (χ4v) is 2.71. The van der Waals surface area contributed by atoms with E-state index in [-0.39, 0.29) is 5.02 Å². The first-order valence-corrected chi connectivity index (χ1v) is 6.91. The molecule has 110 valence electrons. The van der Waals surface area contributed by atoms with E-state index in [0.717, 1.165) is 18.2 Å². The van der Waals surface area contributed by atoms with Gasteiger partial charge in [0.25, 0.3) is 0 Å². The first-order chi connectivity index (χ1) is 9.13. The number of hydrogen-bond donors (Lipinski definition) is 3. The molecule has 0 amide bonds. The summed E-state index contributed by atoms with van der Waals surface area (Å²) in [6, 6.07) is 0.780. The molecule has 0 saturated carbocycles. The Balaban J connectivity index is 3.09. The number of benzene rings is 1. The summed E-state index contributed by atoms with van der Waals surface area (Å²) >= 11 is 5.47. The molecule has 0 radical (unpaired) electrons. The van der Waals surface area contributed by atoms with Crippen LogP contribution in [0.3, 0.4) is 0 Å². The smallest absolute Gasteiger partial charge is 0.322 e. The fourth-order valence-electron chi connectivity index (χ4n) is 1.30. The van der Waals surface area contributed by atoms with Gasteiger partial charge in [0, 0.05) is 5.02 Å². The quantitative estimate of drug-likeness (QED) is 0.707. The zero-order valence-electron chi connectivity index (χ0n) is 9.71. The van der Waals surface area contributed by atoms with Gasteiger partial charge in [-0.3, -0.25) is 9.59 Å². The van der Waals surface area contributed by atoms with Crippen LogP contribution >= 0.6 is 11.6 Å². The molecule has 0 heterocycles. The molecule has 0 aliphatic heterocycles. The Hall–Kier alpha value is -1.71. The van der Waals surface area contributed by atoms with E-state index in [1.165, 1.54) is 0 Å². The molecule has 0 fully saturated rings. The van der Waals surface area contributed by atoms with E-state index < -0.39 is 45.1 Å². The number of rotatable bonds is 6. The minimum Gasteiger partial charge on any atom is -0.481 e. The molecule has 0 unspecified atom stereocenters. The highest BCUT2D eigenvalue weighted by Gasteiger charge is 2.29. The molecule has 7 nitrogen and oxygen atoms in total. The Kier molecular flexibility index (Phi) is 5.03. The Morgan fingerprint density at radius 1 is 1.35 bits per heavy atom. The molecule has 1 aromatic carbocycles. The van der Waals surface area contributed by atoms with Gasteiger partial charge in [-0.25, -0.2) is 12.8 Å². The normalized spacial score (nSPS) is 12.9. The molecule has 3 N–H and O–H groups in total. The lowest BCUT2D eigenvalue weighted by Gasteiger charge is -2.13. The lowest BCUT2D eigenvalue weighted by molar-refractivity contribution is -0.145. The van der Waals surface area contributed by atoms with Gasteiger partial charge >= 0.3 is 11.9 Å². The van der Waals surface area contributed by atoms with Crippen molar-refractivity contribution in [2.75, 3.05) is 0 Å². The largest absolute Gasteiger partial charge is 0.481 e. The maximum atomic E-state index is 13.5. The molecular weight excluding hydrogens is 317 g/mol. The predicted octanol–water partition coefficient (Wildman–Crippen LogP) is 0.685. The van der Waals surface area contributed by atoms with Crippen LogP contribution in [0.25, 0.3) is 0 Å². The van der Waals surface area contributed by atoms with Gasteiger partial charge in [-0.05, 0) is 18.2 Å². The maximum absolute atomic E-state index is 13.5. The van der Waals surface area contributed by atoms with Crippen molar-refractivity contribution in [3.63, 3.8) is 0 Å². The number of hydrogen-bond acceptors (Lipinski definition) is 4. The first-order valence-electron chi connectivity index (χ1n) is 5.05. The monoisotopic (exact) mass is 325 g/mol. The molecule has 0 aromatic heterocycles. The van der Waals surface area contributed by atoms with Crippen LogP contribution in [0, 0.1) is 5.82 Å². The highest BCUT2D eigenvalue weighted by molar-refractivity contribution is 7.89. The van der Waals surface area contributed by atoms with Crippen LogP contribution < -0.4 is 4.72 Å². The molecule has 1 aromatic rings. The lowest BCUT2D eigenvalue weighted by atomic mass is 10.2. The van der Waals surface area contributed by atoms with E-state index in [1.54, 1.807) is 4.72 Å². The van der Waals surface area contributed by atoms with E-state index in [0.29, 0.717) is 0 Å². The highest BCUT2D eigenvalue weighted by Crippen LogP contribution is 2.19. The van der Waals surface area contributed by atoms with Crippen molar-refractivity contribution in [1.82, 2.24) is 4.72 Å². The third kappa shape index (κ3) is 4.15. The Morgan fingerprint density at radius 2 is 1.95 bits per heavy atom. The van der Waals surface area contributed by atoms with Crippen LogP contribution in [0.1, 0.15) is 6.42 Å². The van der Waals surface area contributed by atoms with Gasteiger partial charge < -0.3 is 10.2 Å². The van der Waals surface area contributed by atoms with Gasteiger partial charge in [0.15, 0.2) is 0 Å². The Bertz CT molecular complexity index is 647. The average molecular weight is 326 g/mol. The molecule has 0 saturated heterocycles. The van der Waals surface area contributed by atoms with Gasteiger partial charge in [0.05, 0.1) is 6.42 Å². The zero-order chi connectivity index (χ0) is 15.5. The summed E-state index contributed by atoms with van der Waals surface area (Å²) in [5.41, 5.74) is 0. The second-order valence-electron chi connectivity index (χ2n) is 3.68. The summed E-state index contributed by atoms with van der Waals surface area (Å²) in [6.07, 6.45) is -0.982. The molecule has 0 spiro atoms. The second kappa shape index (κ2) is 6.16. The number of halogens is 2. The minimum absolute atomic E-state index is 0.0400. The van der Waals surface area contributed by atoms with Crippen molar-refractivity contribution in [2.45, 2.75) is 17.4 Å². The van der Waals surface area contributed by atoms with Gasteiger partial charge in [-0.2, -0.15) is 4.72 Å². The maximum Gasteiger partial charge on any atom is 0.322 e. The van der Waals surface area contributed by atoms with Crippen molar-refractivity contribution in [3.8, 4) is 0 Å². The van der Waals surface area contributed by atoms with Gasteiger partial charge in [-0.1, -0.05) is 11.6 Å². The van der Waals surface area contributed by atoms with Crippen LogP contribution in [0.4, 0.5) is 4.39 Å². The zero-order valence-corrected chi connectivity index (χ0v) is 11.3. The second-order valence-corrected chi connectivity index (χ2v) is 5.80. The van der Waals surface area contributed by atoms with E-state index in [2.05, 4.69) is 0 Å². The summed E-state index contributed by atoms with van der Waals surface area (Å²) in [4.78, 5) is 20.4. The van der Waals surface area contributed by atoms with Crippen molar-refractivity contribution in [3.05, 3.63) is 29.0 Å². The number of carboxylic acids is 2. The summed E-state index contributed by atoms with van der Waals surface area (Å²) in [6.45, 7) is 0. The molecule has 1 atom stereocenters. The summed E-state index contributed by atoms with van der Waals surface area (Å²) in [5.74, 6) is -4.38. The van der Waals surface area contributed by atoms with E-state index in [9.17, 15) is 22.4 Å². The molecule has 0 aliphatic carbocycles. The van der Waals surface area contributed by atoms with Crippen molar-refractivity contribution >= 4 is 33.6 Å². The fraction of sp³-hybridized carbons (Fsp3) is 0.200. The number of carbonyl (C=O) groups is 2. The molecule has 0 aliphatic rings. The molecule has 20 heavy (non-hydrogen) atoms. The van der Waals surface area contributed by atoms with Gasteiger partial charge in [0.2, 0.25) is 10.0 Å². The number of nitrogens with one attached hydrogen (secondary N) is 1. The van der Waals surface area contributed by atoms with E-state index in [4.69, 9.17) is 21.8 Å².